The van der Waals surface area contributed by atoms with Crippen molar-refractivity contribution < 1.29 is 9.37 Å². The minimum absolute atomic E-state index is 0.0140. The molecule has 1 saturated heterocycles. The van der Waals surface area contributed by atoms with Crippen molar-refractivity contribution in [1.29, 1.82) is 0 Å². The van der Waals surface area contributed by atoms with Gasteiger partial charge >= 0.3 is 5.91 Å². The molecule has 2 N–H and O–H groups in total. The Kier molecular flexibility index (Phi) is 5.42. The second-order valence-corrected chi connectivity index (χ2v) is 9.10. The molecule has 8 nitrogen and oxygen atoms in total. The van der Waals surface area contributed by atoms with E-state index in [1.165, 1.54) is 0 Å². The quantitative estimate of drug-likeness (QED) is 0.436. The summed E-state index contributed by atoms with van der Waals surface area (Å²) < 4.78 is 1.85. The predicted molar refractivity (Wildman–Crippen MR) is 135 cm³/mol. The van der Waals surface area contributed by atoms with Crippen molar-refractivity contribution in [1.82, 2.24) is 25.1 Å². The Morgan fingerprint density at radius 1 is 1.11 bits per heavy atom. The zero-order valence-corrected chi connectivity index (χ0v) is 19.5. The van der Waals surface area contributed by atoms with Crippen LogP contribution in [-0.4, -0.2) is 61.4 Å². The molecule has 0 unspecified atom stereocenters. The summed E-state index contributed by atoms with van der Waals surface area (Å²) in [6, 6.07) is 16.1. The van der Waals surface area contributed by atoms with E-state index in [0.717, 1.165) is 58.7 Å². The van der Waals surface area contributed by atoms with Gasteiger partial charge in [0.2, 0.25) is 0 Å². The number of aromatic amines is 1. The van der Waals surface area contributed by atoms with Crippen LogP contribution in [0, 0.1) is 0 Å². The molecule has 1 fully saturated rings. The monoisotopic (exact) mass is 464 g/mol. The fourth-order valence-electron chi connectivity index (χ4n) is 4.83. The summed E-state index contributed by atoms with van der Waals surface area (Å²) in [6.07, 6.45) is 9.41. The standard InChI is InChI=1S/C27H25N7O/c1-33-12-2-3-24(33)27(35)34-16-20-5-4-19(13-21(20)17-34)26-28-11-10-25(32-26)31-23-8-6-18(7-9-23)22-14-29-30-15-22/h4-11,13-16,24H,2-3,12,17H2,1H3,(H,28,32)/p+1/t24-/m0/s1. The van der Waals surface area contributed by atoms with E-state index in [2.05, 4.69) is 31.5 Å². The van der Waals surface area contributed by atoms with Crippen molar-refractivity contribution in [3.8, 4) is 22.5 Å². The molecule has 0 bridgehead atoms. The molecule has 2 aromatic heterocycles. The summed E-state index contributed by atoms with van der Waals surface area (Å²) in [5.41, 5.74) is 6.21. The highest BCUT2D eigenvalue weighted by Gasteiger charge is 2.37. The number of carbonyl (C=O) groups is 1. The fourth-order valence-corrected chi connectivity index (χ4v) is 4.83. The molecule has 0 spiro atoms. The molecule has 8 heteroatoms. The molecule has 2 aliphatic rings. The van der Waals surface area contributed by atoms with Gasteiger partial charge < -0.3 is 5.32 Å². The number of nitrogens with zero attached hydrogens (tertiary/aromatic N) is 5. The molecule has 1 amide bonds. The van der Waals surface area contributed by atoms with Crippen LogP contribution < -0.4 is 5.32 Å². The van der Waals surface area contributed by atoms with Crippen LogP contribution in [-0.2, 0) is 11.3 Å². The number of rotatable bonds is 5. The largest absolute Gasteiger partial charge is 0.404 e. The summed E-state index contributed by atoms with van der Waals surface area (Å²) in [6.45, 7) is 1.57. The van der Waals surface area contributed by atoms with E-state index in [-0.39, 0.29) is 11.9 Å². The number of benzene rings is 2. The third-order valence-electron chi connectivity index (χ3n) is 6.77. The molecule has 6 rings (SSSR count). The Hall–Kier alpha value is -4.17. The number of aromatic nitrogens is 4. The van der Waals surface area contributed by atoms with Crippen molar-refractivity contribution in [3.05, 3.63) is 78.2 Å². The van der Waals surface area contributed by atoms with Gasteiger partial charge in [0, 0.05) is 40.3 Å². The molecule has 4 heterocycles. The topological polar surface area (TPSA) is 89.8 Å². The van der Waals surface area contributed by atoms with Gasteiger partial charge in [-0.3, -0.25) is 10.00 Å². The van der Waals surface area contributed by atoms with Crippen LogP contribution in [0.1, 0.15) is 24.0 Å². The lowest BCUT2D eigenvalue weighted by Gasteiger charge is -2.14. The average molecular weight is 465 g/mol. The van der Waals surface area contributed by atoms with Crippen LogP contribution in [0.25, 0.3) is 22.5 Å². The van der Waals surface area contributed by atoms with Crippen LogP contribution in [0.4, 0.5) is 11.5 Å². The Morgan fingerprint density at radius 2 is 1.97 bits per heavy atom. The molecule has 1 atom stereocenters. The van der Waals surface area contributed by atoms with E-state index in [1.54, 1.807) is 12.4 Å². The lowest BCUT2D eigenvalue weighted by Crippen LogP contribution is -2.38. The first-order valence-corrected chi connectivity index (χ1v) is 11.8. The fraction of sp³-hybridized carbons (Fsp3) is 0.222. The van der Waals surface area contributed by atoms with Gasteiger partial charge in [0.25, 0.3) is 0 Å². The van der Waals surface area contributed by atoms with Gasteiger partial charge in [-0.25, -0.2) is 14.8 Å². The summed E-state index contributed by atoms with van der Waals surface area (Å²) >= 11 is 0. The summed E-state index contributed by atoms with van der Waals surface area (Å²) in [7, 11) is 2.03. The van der Waals surface area contributed by atoms with E-state index in [4.69, 9.17) is 4.98 Å². The number of carbonyl (C=O) groups excluding carboxylic acids is 1. The van der Waals surface area contributed by atoms with Gasteiger partial charge in [-0.1, -0.05) is 18.2 Å². The highest BCUT2D eigenvalue weighted by Crippen LogP contribution is 2.26. The maximum absolute atomic E-state index is 13.0. The van der Waals surface area contributed by atoms with Crippen LogP contribution in [0.5, 0.6) is 0 Å². The van der Waals surface area contributed by atoms with Crippen LogP contribution in [0.15, 0.2) is 67.1 Å². The van der Waals surface area contributed by atoms with Crippen molar-refractivity contribution in [2.75, 3.05) is 18.9 Å². The first kappa shape index (κ1) is 21.4. The van der Waals surface area contributed by atoms with Crippen LogP contribution in [0.3, 0.4) is 0 Å². The van der Waals surface area contributed by atoms with Crippen LogP contribution >= 0.6 is 0 Å². The Labute approximate surface area is 203 Å². The van der Waals surface area contributed by atoms with Crippen molar-refractivity contribution in [2.45, 2.75) is 25.4 Å². The van der Waals surface area contributed by atoms with E-state index in [9.17, 15) is 4.79 Å². The number of hydrogen-bond donors (Lipinski definition) is 2. The summed E-state index contributed by atoms with van der Waals surface area (Å²) in [5, 5.41) is 10.2. The molecular formula is C27H26N7O+. The molecule has 35 heavy (non-hydrogen) atoms. The Morgan fingerprint density at radius 3 is 2.74 bits per heavy atom. The van der Waals surface area contributed by atoms with Gasteiger partial charge in [-0.2, -0.15) is 9.67 Å². The number of hydrogen-bond acceptors (Lipinski definition) is 6. The summed E-state index contributed by atoms with van der Waals surface area (Å²) in [4.78, 5) is 24.4. The Balaban J connectivity index is 1.17. The Bertz CT molecular complexity index is 1410. The zero-order chi connectivity index (χ0) is 23.8. The van der Waals surface area contributed by atoms with Gasteiger partial charge in [0.1, 0.15) is 11.9 Å². The number of amides is 1. The maximum Gasteiger partial charge on any atom is 0.404 e. The first-order valence-electron chi connectivity index (χ1n) is 11.8. The van der Waals surface area contributed by atoms with Gasteiger partial charge in [0.05, 0.1) is 6.20 Å². The molecule has 4 aromatic rings. The minimum Gasteiger partial charge on any atom is -0.340 e. The molecular weight excluding hydrogens is 438 g/mol. The third-order valence-corrected chi connectivity index (χ3v) is 6.77. The normalized spacial score (nSPS) is 17.3. The number of H-pyrrole nitrogens is 1. The highest BCUT2D eigenvalue weighted by molar-refractivity contribution is 5.88. The predicted octanol–water partition coefficient (Wildman–Crippen LogP) is 3.84. The third kappa shape index (κ3) is 4.24. The van der Waals surface area contributed by atoms with Crippen molar-refractivity contribution in [3.63, 3.8) is 0 Å². The molecule has 174 valence electrons. The maximum atomic E-state index is 13.0. The smallest absolute Gasteiger partial charge is 0.340 e. The minimum atomic E-state index is -0.0140. The van der Waals surface area contributed by atoms with E-state index in [0.29, 0.717) is 12.4 Å². The number of fused-ring (bicyclic) bond motifs is 1. The average Bonchev–Trinajstić information content (AvgIpc) is 3.65. The van der Waals surface area contributed by atoms with Gasteiger partial charge in [-0.15, -0.1) is 0 Å². The SMILES string of the molecule is CN1CCC[C@H]1C(=O)[N+]1=Cc2ccc(-c3nccc(Nc4ccc(-c5cn[nH]c5)cc4)n3)cc2C1. The number of anilines is 2. The highest BCUT2D eigenvalue weighted by atomic mass is 16.2. The zero-order valence-electron chi connectivity index (χ0n) is 19.5. The number of likely N-dealkylation sites (N-methyl/N-ethyl adjacent to an activating group) is 1. The molecule has 0 radical (unpaired) electrons. The van der Waals surface area contributed by atoms with Gasteiger partial charge in [0.15, 0.2) is 18.6 Å². The first-order chi connectivity index (χ1) is 17.1. The van der Waals surface area contributed by atoms with E-state index in [1.807, 2.05) is 66.5 Å². The van der Waals surface area contributed by atoms with Crippen molar-refractivity contribution >= 4 is 23.6 Å². The molecule has 0 saturated carbocycles. The second kappa shape index (κ2) is 8.88. The van der Waals surface area contributed by atoms with E-state index < -0.39 is 0 Å². The summed E-state index contributed by atoms with van der Waals surface area (Å²) in [5.74, 6) is 1.55. The van der Waals surface area contributed by atoms with Crippen molar-refractivity contribution in [2.24, 2.45) is 0 Å². The number of nitrogens with one attached hydrogen (secondary N) is 2. The van der Waals surface area contributed by atoms with Crippen LogP contribution in [0.2, 0.25) is 0 Å². The lowest BCUT2D eigenvalue weighted by molar-refractivity contribution is -0.458. The number of likely N-dealkylation sites (tertiary alicyclic amines) is 1. The van der Waals surface area contributed by atoms with E-state index >= 15 is 0 Å². The van der Waals surface area contributed by atoms with Gasteiger partial charge in [-0.05, 0) is 62.3 Å². The molecule has 0 aliphatic carbocycles. The molecule has 2 aromatic carbocycles. The molecule has 2 aliphatic heterocycles. The second-order valence-electron chi connectivity index (χ2n) is 9.10. The lowest BCUT2D eigenvalue weighted by atomic mass is 10.1.